The molecule has 0 atom stereocenters. The van der Waals surface area contributed by atoms with Gasteiger partial charge in [0.25, 0.3) is 0 Å². The summed E-state index contributed by atoms with van der Waals surface area (Å²) in [6, 6.07) is 72.9. The van der Waals surface area contributed by atoms with E-state index in [9.17, 15) is 0 Å². The SMILES string of the molecule is c1ccc(-c2ccc(-c3cccc(N(c4cccc5ccccc45)c4cc5c(sc6cccc(-c7ccccc7)c65)c5ccccc45)c3)cc2)cc1. The molecule has 0 aliphatic rings. The Morgan fingerprint density at radius 2 is 0.923 bits per heavy atom. The molecule has 244 valence electrons. The van der Waals surface area contributed by atoms with E-state index in [4.69, 9.17) is 0 Å². The molecule has 0 radical (unpaired) electrons. The average Bonchev–Trinajstić information content (AvgIpc) is 3.61. The van der Waals surface area contributed by atoms with Gasteiger partial charge in [-0.15, -0.1) is 11.3 Å². The Hall–Kier alpha value is -6.48. The van der Waals surface area contributed by atoms with Crippen LogP contribution in [0.5, 0.6) is 0 Å². The van der Waals surface area contributed by atoms with Crippen LogP contribution in [-0.2, 0) is 0 Å². The van der Waals surface area contributed by atoms with Crippen molar-refractivity contribution in [3.63, 3.8) is 0 Å². The van der Waals surface area contributed by atoms with Crippen molar-refractivity contribution >= 4 is 70.1 Å². The van der Waals surface area contributed by atoms with E-state index in [1.54, 1.807) is 0 Å². The predicted molar refractivity (Wildman–Crippen MR) is 225 cm³/mol. The van der Waals surface area contributed by atoms with Crippen molar-refractivity contribution in [1.82, 2.24) is 0 Å². The maximum Gasteiger partial charge on any atom is 0.0547 e. The van der Waals surface area contributed by atoms with E-state index in [0.717, 1.165) is 11.4 Å². The predicted octanol–water partition coefficient (Wildman–Crippen LogP) is 14.8. The van der Waals surface area contributed by atoms with E-state index in [2.05, 4.69) is 205 Å². The minimum absolute atomic E-state index is 1.12. The van der Waals surface area contributed by atoms with Gasteiger partial charge in [-0.2, -0.15) is 0 Å². The highest BCUT2D eigenvalue weighted by Crippen LogP contribution is 2.49. The second kappa shape index (κ2) is 12.7. The second-order valence-corrected chi connectivity index (χ2v) is 14.3. The number of nitrogens with zero attached hydrogens (tertiary/aromatic N) is 1. The molecular weight excluding hydrogens is 647 g/mol. The van der Waals surface area contributed by atoms with Crippen LogP contribution in [0.3, 0.4) is 0 Å². The van der Waals surface area contributed by atoms with Gasteiger partial charge < -0.3 is 4.90 Å². The molecular formula is C50H33NS. The van der Waals surface area contributed by atoms with Crippen molar-refractivity contribution in [2.24, 2.45) is 0 Å². The first kappa shape index (κ1) is 30.4. The summed E-state index contributed by atoms with van der Waals surface area (Å²) in [7, 11) is 0. The molecule has 0 bridgehead atoms. The number of rotatable bonds is 6. The van der Waals surface area contributed by atoms with Gasteiger partial charge in [0, 0.05) is 42.0 Å². The first-order valence-corrected chi connectivity index (χ1v) is 18.6. The van der Waals surface area contributed by atoms with Gasteiger partial charge >= 0.3 is 0 Å². The number of fused-ring (bicyclic) bond motifs is 6. The van der Waals surface area contributed by atoms with E-state index < -0.39 is 0 Å². The van der Waals surface area contributed by atoms with Gasteiger partial charge in [0.15, 0.2) is 0 Å². The van der Waals surface area contributed by atoms with Gasteiger partial charge in [0.1, 0.15) is 0 Å². The monoisotopic (exact) mass is 679 g/mol. The van der Waals surface area contributed by atoms with Crippen LogP contribution >= 0.6 is 11.3 Å². The third kappa shape index (κ3) is 5.16. The van der Waals surface area contributed by atoms with Crippen molar-refractivity contribution in [2.45, 2.75) is 0 Å². The molecule has 10 aromatic rings. The Kier molecular flexibility index (Phi) is 7.41. The maximum absolute atomic E-state index is 2.49. The van der Waals surface area contributed by atoms with Crippen molar-refractivity contribution in [1.29, 1.82) is 0 Å². The number of hydrogen-bond donors (Lipinski definition) is 0. The standard InChI is InChI=1S/C50H33NS/c1-3-14-34(15-4-1)35-28-30-36(31-29-35)39-20-11-21-40(32-39)51(46-26-12-19-37-18-7-8-22-41(37)46)47-33-45-49-42(38-16-5-2-6-17-38)25-13-27-48(49)52-50(45)44-24-10-9-23-43(44)47/h1-33H. The Bertz CT molecular complexity index is 2880. The van der Waals surface area contributed by atoms with Gasteiger partial charge in [0.2, 0.25) is 0 Å². The molecule has 52 heavy (non-hydrogen) atoms. The minimum Gasteiger partial charge on any atom is -0.309 e. The first-order valence-electron chi connectivity index (χ1n) is 17.8. The van der Waals surface area contributed by atoms with Gasteiger partial charge in [0.05, 0.1) is 11.4 Å². The smallest absolute Gasteiger partial charge is 0.0547 e. The van der Waals surface area contributed by atoms with Gasteiger partial charge in [-0.3, -0.25) is 0 Å². The largest absolute Gasteiger partial charge is 0.309 e. The lowest BCUT2D eigenvalue weighted by molar-refractivity contribution is 1.32. The zero-order valence-electron chi connectivity index (χ0n) is 28.4. The Morgan fingerprint density at radius 1 is 0.346 bits per heavy atom. The lowest BCUT2D eigenvalue weighted by Crippen LogP contribution is -2.11. The molecule has 0 spiro atoms. The van der Waals surface area contributed by atoms with Gasteiger partial charge in [-0.05, 0) is 69.1 Å². The minimum atomic E-state index is 1.12. The summed E-state index contributed by atoms with van der Waals surface area (Å²) in [5.41, 5.74) is 10.8. The molecule has 0 saturated carbocycles. The Labute approximate surface area is 307 Å². The fraction of sp³-hybridized carbons (Fsp3) is 0. The summed E-state index contributed by atoms with van der Waals surface area (Å²) in [6.45, 7) is 0. The highest BCUT2D eigenvalue weighted by molar-refractivity contribution is 7.26. The molecule has 0 saturated heterocycles. The number of benzene rings is 9. The molecule has 0 aliphatic heterocycles. The highest BCUT2D eigenvalue weighted by Gasteiger charge is 2.22. The quantitative estimate of drug-likeness (QED) is 0.169. The number of anilines is 3. The summed E-state index contributed by atoms with van der Waals surface area (Å²) >= 11 is 1.90. The Balaban J connectivity index is 1.23. The van der Waals surface area contributed by atoms with Crippen LogP contribution in [0.25, 0.3) is 75.1 Å². The zero-order valence-corrected chi connectivity index (χ0v) is 29.2. The van der Waals surface area contributed by atoms with E-state index in [-0.39, 0.29) is 0 Å². The third-order valence-corrected chi connectivity index (χ3v) is 11.4. The second-order valence-electron chi connectivity index (χ2n) is 13.3. The first-order chi connectivity index (χ1) is 25.8. The van der Waals surface area contributed by atoms with Crippen molar-refractivity contribution < 1.29 is 0 Å². The summed E-state index contributed by atoms with van der Waals surface area (Å²) in [6.07, 6.45) is 0. The molecule has 2 heteroatoms. The molecule has 0 amide bonds. The normalized spacial score (nSPS) is 11.5. The molecule has 0 fully saturated rings. The van der Waals surface area contributed by atoms with Crippen LogP contribution in [0.2, 0.25) is 0 Å². The van der Waals surface area contributed by atoms with Crippen LogP contribution < -0.4 is 4.90 Å². The summed E-state index contributed by atoms with van der Waals surface area (Å²) < 4.78 is 2.62. The van der Waals surface area contributed by atoms with Gasteiger partial charge in [-0.1, -0.05) is 170 Å². The zero-order chi connectivity index (χ0) is 34.4. The van der Waals surface area contributed by atoms with Crippen LogP contribution in [0, 0.1) is 0 Å². The van der Waals surface area contributed by atoms with Gasteiger partial charge in [-0.25, -0.2) is 0 Å². The molecule has 0 aliphatic carbocycles. The lowest BCUT2D eigenvalue weighted by atomic mass is 9.96. The lowest BCUT2D eigenvalue weighted by Gasteiger charge is -2.29. The van der Waals surface area contributed by atoms with Crippen LogP contribution in [0.1, 0.15) is 0 Å². The topological polar surface area (TPSA) is 3.24 Å². The number of hydrogen-bond acceptors (Lipinski definition) is 2. The molecule has 1 heterocycles. The molecule has 0 N–H and O–H groups in total. The maximum atomic E-state index is 2.49. The number of thiophene rings is 1. The fourth-order valence-electron chi connectivity index (χ4n) is 7.79. The van der Waals surface area contributed by atoms with E-state index >= 15 is 0 Å². The molecule has 9 aromatic carbocycles. The summed E-state index contributed by atoms with van der Waals surface area (Å²) in [4.78, 5) is 2.49. The molecule has 10 rings (SSSR count). The van der Waals surface area contributed by atoms with Crippen molar-refractivity contribution in [3.05, 3.63) is 200 Å². The third-order valence-electron chi connectivity index (χ3n) is 10.2. The molecule has 0 unspecified atom stereocenters. The van der Waals surface area contributed by atoms with Crippen molar-refractivity contribution in [2.75, 3.05) is 4.90 Å². The average molecular weight is 680 g/mol. The van der Waals surface area contributed by atoms with Crippen LogP contribution in [-0.4, -0.2) is 0 Å². The fourth-order valence-corrected chi connectivity index (χ4v) is 9.04. The van der Waals surface area contributed by atoms with E-state index in [1.807, 2.05) is 11.3 Å². The van der Waals surface area contributed by atoms with E-state index in [1.165, 1.54) is 80.8 Å². The molecule has 1 aromatic heterocycles. The highest BCUT2D eigenvalue weighted by atomic mass is 32.1. The van der Waals surface area contributed by atoms with Crippen molar-refractivity contribution in [3.8, 4) is 33.4 Å². The Morgan fingerprint density at radius 3 is 1.71 bits per heavy atom. The molecule has 1 nitrogen and oxygen atoms in total. The van der Waals surface area contributed by atoms with Crippen LogP contribution in [0.4, 0.5) is 17.1 Å². The summed E-state index contributed by atoms with van der Waals surface area (Å²) in [5, 5.41) is 7.53. The summed E-state index contributed by atoms with van der Waals surface area (Å²) in [5.74, 6) is 0. The van der Waals surface area contributed by atoms with E-state index in [0.29, 0.717) is 0 Å². The van der Waals surface area contributed by atoms with Crippen LogP contribution in [0.15, 0.2) is 200 Å².